The molecule has 0 saturated carbocycles. The van der Waals surface area contributed by atoms with E-state index in [4.69, 9.17) is 9.26 Å². The van der Waals surface area contributed by atoms with Crippen LogP contribution in [-0.4, -0.2) is 29.1 Å². The Labute approximate surface area is 171 Å². The van der Waals surface area contributed by atoms with Crippen LogP contribution in [0.1, 0.15) is 51.7 Å². The molecule has 0 N–H and O–H groups in total. The summed E-state index contributed by atoms with van der Waals surface area (Å²) in [5.74, 6) is 2.13. The van der Waals surface area contributed by atoms with Gasteiger partial charge in [0.1, 0.15) is 18.1 Å². The van der Waals surface area contributed by atoms with Crippen molar-refractivity contribution in [2.24, 2.45) is 0 Å². The fourth-order valence-electron chi connectivity index (χ4n) is 3.88. The largest absolute Gasteiger partial charge is 0.489 e. The minimum Gasteiger partial charge on any atom is -0.489 e. The predicted octanol–water partition coefficient (Wildman–Crippen LogP) is 4.89. The number of hydrogen-bond acceptors (Lipinski definition) is 4. The number of aryl methyl sites for hydroxylation is 2. The quantitative estimate of drug-likeness (QED) is 0.622. The van der Waals surface area contributed by atoms with Crippen LogP contribution in [0, 0.1) is 13.8 Å². The van der Waals surface area contributed by atoms with Crippen LogP contribution in [0.2, 0.25) is 0 Å². The number of ether oxygens (including phenoxy) is 1. The number of benzene rings is 2. The number of carbonyl (C=O) groups excluding carboxylic acids is 1. The van der Waals surface area contributed by atoms with E-state index in [9.17, 15) is 4.79 Å². The predicted molar refractivity (Wildman–Crippen MR) is 111 cm³/mol. The summed E-state index contributed by atoms with van der Waals surface area (Å²) < 4.78 is 11.0. The molecular formula is C24H26N2O3. The Balaban J connectivity index is 1.33. The standard InChI is InChI=1S/C24H26N2O3/c1-17-23(18(2)29-25-17)16-28-22-10-8-21(9-11-22)24(27)26-14-12-20(13-15-26)19-6-4-3-5-7-19/h3-11,20H,12-16H2,1-2H3. The van der Waals surface area contributed by atoms with Crippen LogP contribution in [-0.2, 0) is 6.61 Å². The van der Waals surface area contributed by atoms with E-state index < -0.39 is 0 Å². The molecule has 0 unspecified atom stereocenters. The first kappa shape index (κ1) is 19.2. The number of nitrogens with zero attached hydrogens (tertiary/aromatic N) is 2. The van der Waals surface area contributed by atoms with Crippen molar-refractivity contribution in [2.75, 3.05) is 13.1 Å². The summed E-state index contributed by atoms with van der Waals surface area (Å²) in [6.45, 7) is 5.77. The Morgan fingerprint density at radius 2 is 1.76 bits per heavy atom. The Morgan fingerprint density at radius 3 is 2.38 bits per heavy atom. The summed E-state index contributed by atoms with van der Waals surface area (Å²) in [5.41, 5.74) is 3.88. The molecule has 5 nitrogen and oxygen atoms in total. The first-order valence-electron chi connectivity index (χ1n) is 10.1. The Bertz CT molecular complexity index is 936. The summed E-state index contributed by atoms with van der Waals surface area (Å²) in [5, 5.41) is 3.94. The number of likely N-dealkylation sites (tertiary alicyclic amines) is 1. The van der Waals surface area contributed by atoms with Gasteiger partial charge in [-0.2, -0.15) is 0 Å². The van der Waals surface area contributed by atoms with Gasteiger partial charge in [-0.25, -0.2) is 0 Å². The van der Waals surface area contributed by atoms with Crippen LogP contribution in [0.4, 0.5) is 0 Å². The fourth-order valence-corrected chi connectivity index (χ4v) is 3.88. The highest BCUT2D eigenvalue weighted by atomic mass is 16.5. The lowest BCUT2D eigenvalue weighted by molar-refractivity contribution is 0.0713. The summed E-state index contributed by atoms with van der Waals surface area (Å²) in [6.07, 6.45) is 2.02. The second-order valence-corrected chi connectivity index (χ2v) is 7.59. The molecule has 0 spiro atoms. The Kier molecular flexibility index (Phi) is 5.65. The first-order valence-corrected chi connectivity index (χ1v) is 10.1. The van der Waals surface area contributed by atoms with E-state index in [1.807, 2.05) is 49.1 Å². The molecular weight excluding hydrogens is 364 g/mol. The lowest BCUT2D eigenvalue weighted by Gasteiger charge is -2.32. The lowest BCUT2D eigenvalue weighted by atomic mass is 9.89. The average Bonchev–Trinajstić information content (AvgIpc) is 3.10. The number of piperidine rings is 1. The molecule has 0 radical (unpaired) electrons. The van der Waals surface area contributed by atoms with Crippen LogP contribution >= 0.6 is 0 Å². The number of rotatable bonds is 5. The van der Waals surface area contributed by atoms with E-state index in [0.717, 1.165) is 48.7 Å². The third-order valence-corrected chi connectivity index (χ3v) is 5.72. The number of amides is 1. The van der Waals surface area contributed by atoms with Gasteiger partial charge in [0.25, 0.3) is 5.91 Å². The molecule has 1 aliphatic rings. The SMILES string of the molecule is Cc1noc(C)c1COc1ccc(C(=O)N2CCC(c3ccccc3)CC2)cc1. The van der Waals surface area contributed by atoms with E-state index in [0.29, 0.717) is 18.1 Å². The number of aromatic nitrogens is 1. The van der Waals surface area contributed by atoms with E-state index in [1.165, 1.54) is 5.56 Å². The van der Waals surface area contributed by atoms with Crippen LogP contribution in [0.3, 0.4) is 0 Å². The smallest absolute Gasteiger partial charge is 0.253 e. The van der Waals surface area contributed by atoms with Gasteiger partial charge in [-0.15, -0.1) is 0 Å². The maximum atomic E-state index is 12.9. The molecule has 29 heavy (non-hydrogen) atoms. The van der Waals surface area contributed by atoms with Crippen molar-refractivity contribution in [2.45, 2.75) is 39.2 Å². The molecule has 1 saturated heterocycles. The Morgan fingerprint density at radius 1 is 1.07 bits per heavy atom. The molecule has 1 aromatic heterocycles. The average molecular weight is 390 g/mol. The van der Waals surface area contributed by atoms with E-state index in [2.05, 4.69) is 29.4 Å². The maximum absolute atomic E-state index is 12.9. The third-order valence-electron chi connectivity index (χ3n) is 5.72. The van der Waals surface area contributed by atoms with Crippen LogP contribution in [0.5, 0.6) is 5.75 Å². The Hall–Kier alpha value is -3.08. The highest BCUT2D eigenvalue weighted by Gasteiger charge is 2.24. The molecule has 1 aliphatic heterocycles. The summed E-state index contributed by atoms with van der Waals surface area (Å²) in [7, 11) is 0. The lowest BCUT2D eigenvalue weighted by Crippen LogP contribution is -2.37. The molecule has 5 heteroatoms. The van der Waals surface area contributed by atoms with Crippen molar-refractivity contribution >= 4 is 5.91 Å². The summed E-state index contributed by atoms with van der Waals surface area (Å²) in [6, 6.07) is 18.0. The highest BCUT2D eigenvalue weighted by molar-refractivity contribution is 5.94. The van der Waals surface area contributed by atoms with E-state index in [-0.39, 0.29) is 5.91 Å². The van der Waals surface area contributed by atoms with Gasteiger partial charge in [0.2, 0.25) is 0 Å². The topological polar surface area (TPSA) is 55.6 Å². The van der Waals surface area contributed by atoms with Crippen molar-refractivity contribution < 1.29 is 14.1 Å². The highest BCUT2D eigenvalue weighted by Crippen LogP contribution is 2.28. The molecule has 2 heterocycles. The molecule has 3 aromatic rings. The van der Waals surface area contributed by atoms with Crippen LogP contribution < -0.4 is 4.74 Å². The van der Waals surface area contributed by atoms with Crippen molar-refractivity contribution in [1.82, 2.24) is 10.1 Å². The van der Waals surface area contributed by atoms with Crippen molar-refractivity contribution in [3.8, 4) is 5.75 Å². The summed E-state index contributed by atoms with van der Waals surface area (Å²) >= 11 is 0. The van der Waals surface area contributed by atoms with Gasteiger partial charge in [0, 0.05) is 18.7 Å². The third kappa shape index (κ3) is 4.34. The zero-order valence-corrected chi connectivity index (χ0v) is 16.9. The van der Waals surface area contributed by atoms with Gasteiger partial charge >= 0.3 is 0 Å². The second-order valence-electron chi connectivity index (χ2n) is 7.59. The summed E-state index contributed by atoms with van der Waals surface area (Å²) in [4.78, 5) is 14.8. The molecule has 0 bridgehead atoms. The van der Waals surface area contributed by atoms with Crippen molar-refractivity contribution in [3.05, 3.63) is 82.7 Å². The zero-order valence-electron chi connectivity index (χ0n) is 16.9. The second kappa shape index (κ2) is 8.52. The molecule has 4 rings (SSSR count). The monoisotopic (exact) mass is 390 g/mol. The van der Waals surface area contributed by atoms with Gasteiger partial charge in [0.15, 0.2) is 0 Å². The van der Waals surface area contributed by atoms with Gasteiger partial charge in [-0.3, -0.25) is 4.79 Å². The fraction of sp³-hybridized carbons (Fsp3) is 0.333. The molecule has 0 aliphatic carbocycles. The molecule has 150 valence electrons. The molecule has 0 atom stereocenters. The van der Waals surface area contributed by atoms with Crippen LogP contribution in [0.25, 0.3) is 0 Å². The van der Waals surface area contributed by atoms with Crippen molar-refractivity contribution in [1.29, 1.82) is 0 Å². The van der Waals surface area contributed by atoms with Crippen molar-refractivity contribution in [3.63, 3.8) is 0 Å². The van der Waals surface area contributed by atoms with Gasteiger partial charge in [-0.1, -0.05) is 35.5 Å². The van der Waals surface area contributed by atoms with Gasteiger partial charge in [-0.05, 0) is 62.4 Å². The first-order chi connectivity index (χ1) is 14.1. The van der Waals surface area contributed by atoms with E-state index in [1.54, 1.807) is 0 Å². The number of carbonyl (C=O) groups is 1. The van der Waals surface area contributed by atoms with Gasteiger partial charge in [0.05, 0.1) is 11.3 Å². The minimum absolute atomic E-state index is 0.0915. The molecule has 1 fully saturated rings. The van der Waals surface area contributed by atoms with Crippen LogP contribution in [0.15, 0.2) is 59.1 Å². The van der Waals surface area contributed by atoms with E-state index >= 15 is 0 Å². The molecule has 2 aromatic carbocycles. The van der Waals surface area contributed by atoms with Gasteiger partial charge < -0.3 is 14.2 Å². The normalized spacial score (nSPS) is 14.8. The molecule has 1 amide bonds. The zero-order chi connectivity index (χ0) is 20.2. The number of hydrogen-bond donors (Lipinski definition) is 0. The maximum Gasteiger partial charge on any atom is 0.253 e. The minimum atomic E-state index is 0.0915.